The number of rotatable bonds is 4. The molecule has 2 rings (SSSR count). The molecular weight excluding hydrogens is 242 g/mol. The number of aliphatic hydroxyl groups excluding tert-OH is 1. The van der Waals surface area contributed by atoms with Crippen LogP contribution in [-0.2, 0) is 9.59 Å². The third-order valence-corrected chi connectivity index (χ3v) is 3.12. The van der Waals surface area contributed by atoms with E-state index in [0.29, 0.717) is 0 Å². The van der Waals surface area contributed by atoms with Crippen LogP contribution in [0.5, 0.6) is 0 Å². The molecule has 98 valence electrons. The number of hydrogen-bond donors (Lipinski definition) is 1. The molecule has 0 unspecified atom stereocenters. The molecule has 0 bridgehead atoms. The smallest absolute Gasteiger partial charge is 0.290 e. The third-order valence-electron chi connectivity index (χ3n) is 3.12. The molecule has 1 aromatic carbocycles. The maximum atomic E-state index is 12.0. The summed E-state index contributed by atoms with van der Waals surface area (Å²) in [6.07, 6.45) is 1.57. The quantitative estimate of drug-likeness (QED) is 0.841. The molecule has 1 heterocycles. The summed E-state index contributed by atoms with van der Waals surface area (Å²) in [5.41, 5.74) is 0.949. The fourth-order valence-electron chi connectivity index (χ4n) is 2.32. The van der Waals surface area contributed by atoms with Crippen LogP contribution < -0.4 is 0 Å². The van der Waals surface area contributed by atoms with Crippen LogP contribution in [0.15, 0.2) is 54.3 Å². The molecular formula is C15H15NO3. The molecule has 0 fully saturated rings. The van der Waals surface area contributed by atoms with Gasteiger partial charge >= 0.3 is 0 Å². The molecule has 4 heteroatoms. The van der Waals surface area contributed by atoms with E-state index in [1.807, 2.05) is 30.3 Å². The predicted octanol–water partition coefficient (Wildman–Crippen LogP) is 2.16. The van der Waals surface area contributed by atoms with E-state index in [4.69, 9.17) is 0 Å². The van der Waals surface area contributed by atoms with E-state index in [2.05, 4.69) is 6.58 Å². The highest BCUT2D eigenvalue weighted by Crippen LogP contribution is 2.37. The van der Waals surface area contributed by atoms with Crippen molar-refractivity contribution in [1.29, 1.82) is 0 Å². The van der Waals surface area contributed by atoms with Crippen molar-refractivity contribution in [3.63, 3.8) is 0 Å². The first-order chi connectivity index (χ1) is 9.07. The maximum Gasteiger partial charge on any atom is 0.290 e. The second kappa shape index (κ2) is 5.10. The zero-order valence-electron chi connectivity index (χ0n) is 10.7. The molecule has 1 N–H and O–H groups in total. The Labute approximate surface area is 111 Å². The Hall–Kier alpha value is -2.36. The average Bonchev–Trinajstić information content (AvgIpc) is 2.65. The second-order valence-electron chi connectivity index (χ2n) is 4.38. The number of aliphatic hydroxyl groups is 1. The van der Waals surface area contributed by atoms with E-state index in [9.17, 15) is 14.7 Å². The van der Waals surface area contributed by atoms with E-state index in [0.717, 1.165) is 5.56 Å². The topological polar surface area (TPSA) is 57.6 Å². The SMILES string of the molecule is C=CCN1C(=O)C(O)=C(C(C)=O)[C@@H]1c1ccccc1. The highest BCUT2D eigenvalue weighted by atomic mass is 16.3. The van der Waals surface area contributed by atoms with Crippen LogP contribution in [0.4, 0.5) is 0 Å². The molecule has 0 saturated heterocycles. The average molecular weight is 257 g/mol. The van der Waals surface area contributed by atoms with E-state index in [1.165, 1.54) is 11.8 Å². The van der Waals surface area contributed by atoms with Gasteiger partial charge in [0.25, 0.3) is 5.91 Å². The van der Waals surface area contributed by atoms with Gasteiger partial charge in [0.15, 0.2) is 11.5 Å². The number of benzene rings is 1. The lowest BCUT2D eigenvalue weighted by molar-refractivity contribution is -0.128. The van der Waals surface area contributed by atoms with E-state index in [1.54, 1.807) is 6.08 Å². The molecule has 19 heavy (non-hydrogen) atoms. The fourth-order valence-corrected chi connectivity index (χ4v) is 2.32. The van der Waals surface area contributed by atoms with Crippen LogP contribution in [0.2, 0.25) is 0 Å². The first-order valence-corrected chi connectivity index (χ1v) is 5.98. The largest absolute Gasteiger partial charge is 0.503 e. The highest BCUT2D eigenvalue weighted by Gasteiger charge is 2.41. The Morgan fingerprint density at radius 2 is 2.05 bits per heavy atom. The van der Waals surface area contributed by atoms with Crippen molar-refractivity contribution < 1.29 is 14.7 Å². The monoisotopic (exact) mass is 257 g/mol. The van der Waals surface area contributed by atoms with Gasteiger partial charge in [0.05, 0.1) is 11.6 Å². The summed E-state index contributed by atoms with van der Waals surface area (Å²) in [6, 6.07) is 8.64. The molecule has 0 aliphatic carbocycles. The van der Waals surface area contributed by atoms with Crippen LogP contribution >= 0.6 is 0 Å². The minimum Gasteiger partial charge on any atom is -0.503 e. The predicted molar refractivity (Wildman–Crippen MR) is 71.4 cm³/mol. The van der Waals surface area contributed by atoms with Gasteiger partial charge < -0.3 is 10.0 Å². The molecule has 1 aliphatic heterocycles. The van der Waals surface area contributed by atoms with Crippen molar-refractivity contribution in [2.24, 2.45) is 0 Å². The summed E-state index contributed by atoms with van der Waals surface area (Å²) < 4.78 is 0. The van der Waals surface area contributed by atoms with Gasteiger partial charge in [0.1, 0.15) is 0 Å². The van der Waals surface area contributed by atoms with Gasteiger partial charge in [-0.1, -0.05) is 36.4 Å². The first-order valence-electron chi connectivity index (χ1n) is 5.98. The molecule has 0 aromatic heterocycles. The summed E-state index contributed by atoms with van der Waals surface area (Å²) >= 11 is 0. The number of carbonyl (C=O) groups excluding carboxylic acids is 2. The second-order valence-corrected chi connectivity index (χ2v) is 4.38. The minimum atomic E-state index is -0.538. The van der Waals surface area contributed by atoms with Crippen LogP contribution in [0.25, 0.3) is 0 Å². The Kier molecular flexibility index (Phi) is 3.51. The molecule has 1 aliphatic rings. The third kappa shape index (κ3) is 2.17. The number of amides is 1. The van der Waals surface area contributed by atoms with Crippen LogP contribution in [0.1, 0.15) is 18.5 Å². The van der Waals surface area contributed by atoms with Crippen molar-refractivity contribution in [1.82, 2.24) is 4.90 Å². The van der Waals surface area contributed by atoms with Gasteiger partial charge in [0.2, 0.25) is 0 Å². The van der Waals surface area contributed by atoms with Gasteiger partial charge in [-0.15, -0.1) is 6.58 Å². The summed E-state index contributed by atoms with van der Waals surface area (Å²) in [5, 5.41) is 9.89. The Morgan fingerprint density at radius 1 is 1.42 bits per heavy atom. The van der Waals surface area contributed by atoms with Crippen molar-refractivity contribution in [3.05, 3.63) is 59.9 Å². The zero-order chi connectivity index (χ0) is 14.0. The van der Waals surface area contributed by atoms with E-state index in [-0.39, 0.29) is 17.9 Å². The summed E-state index contributed by atoms with van der Waals surface area (Å²) in [6.45, 7) is 5.23. The van der Waals surface area contributed by atoms with Crippen molar-refractivity contribution in [2.75, 3.05) is 6.54 Å². The normalized spacial score (nSPS) is 18.9. The van der Waals surface area contributed by atoms with Gasteiger partial charge in [-0.05, 0) is 12.5 Å². The molecule has 1 amide bonds. The Morgan fingerprint density at radius 3 is 2.58 bits per heavy atom. The van der Waals surface area contributed by atoms with Crippen molar-refractivity contribution in [3.8, 4) is 0 Å². The van der Waals surface area contributed by atoms with Crippen LogP contribution in [0.3, 0.4) is 0 Å². The molecule has 1 atom stereocenters. The number of carbonyl (C=O) groups is 2. The first kappa shape index (κ1) is 13.1. The summed E-state index contributed by atoms with van der Waals surface area (Å²) in [5.74, 6) is -1.28. The summed E-state index contributed by atoms with van der Waals surface area (Å²) in [4.78, 5) is 25.2. The number of Topliss-reactive ketones (excluding diaryl/α,β-unsaturated/α-hetero) is 1. The Balaban J connectivity index is 2.54. The molecule has 1 aromatic rings. The van der Waals surface area contributed by atoms with E-state index < -0.39 is 17.7 Å². The van der Waals surface area contributed by atoms with Gasteiger partial charge in [-0.3, -0.25) is 9.59 Å². The molecule has 4 nitrogen and oxygen atoms in total. The van der Waals surface area contributed by atoms with E-state index >= 15 is 0 Å². The van der Waals surface area contributed by atoms with Gasteiger partial charge in [-0.25, -0.2) is 0 Å². The lowest BCUT2D eigenvalue weighted by Gasteiger charge is -2.25. The summed E-state index contributed by atoms with van der Waals surface area (Å²) in [7, 11) is 0. The molecule has 0 saturated carbocycles. The standard InChI is InChI=1S/C15H15NO3/c1-3-9-16-13(11-7-5-4-6-8-11)12(10(2)17)14(18)15(16)19/h3-8,13,18H,1,9H2,2H3/t13-/m0/s1. The molecule has 0 spiro atoms. The maximum absolute atomic E-state index is 12.0. The lowest BCUT2D eigenvalue weighted by Crippen LogP contribution is -2.31. The van der Waals surface area contributed by atoms with Crippen LogP contribution in [0, 0.1) is 0 Å². The van der Waals surface area contributed by atoms with Gasteiger partial charge in [-0.2, -0.15) is 0 Å². The molecule has 0 radical (unpaired) electrons. The van der Waals surface area contributed by atoms with Crippen molar-refractivity contribution in [2.45, 2.75) is 13.0 Å². The minimum absolute atomic E-state index is 0.151. The zero-order valence-corrected chi connectivity index (χ0v) is 10.7. The number of nitrogens with zero attached hydrogens (tertiary/aromatic N) is 1. The van der Waals surface area contributed by atoms with Crippen molar-refractivity contribution >= 4 is 11.7 Å². The fraction of sp³-hybridized carbons (Fsp3) is 0.200. The highest BCUT2D eigenvalue weighted by molar-refractivity contribution is 6.08. The number of ketones is 1. The van der Waals surface area contributed by atoms with Crippen LogP contribution in [-0.4, -0.2) is 28.2 Å². The van der Waals surface area contributed by atoms with Gasteiger partial charge in [0, 0.05) is 6.54 Å². The Bertz CT molecular complexity index is 560. The number of hydrogen-bond acceptors (Lipinski definition) is 3. The lowest BCUT2D eigenvalue weighted by atomic mass is 9.97.